The van der Waals surface area contributed by atoms with E-state index in [1.807, 2.05) is 51.2 Å². The topological polar surface area (TPSA) is 214 Å². The molecule has 3 unspecified atom stereocenters. The number of nitrogens with zero attached hydrogens (tertiary/aromatic N) is 2. The molecule has 400 valence electrons. The molecular formula is C54H84N2O15. The van der Waals surface area contributed by atoms with Gasteiger partial charge in [-0.15, -0.1) is 0 Å². The monoisotopic (exact) mass is 1000 g/mol. The van der Waals surface area contributed by atoms with Crippen molar-refractivity contribution < 1.29 is 72.2 Å². The van der Waals surface area contributed by atoms with E-state index in [9.17, 15) is 39.0 Å². The Morgan fingerprint density at radius 2 is 1.59 bits per heavy atom. The van der Waals surface area contributed by atoms with Crippen molar-refractivity contribution in [1.82, 2.24) is 9.96 Å². The highest BCUT2D eigenvalue weighted by Crippen LogP contribution is 2.38. The van der Waals surface area contributed by atoms with Crippen LogP contribution in [0.4, 0.5) is 4.79 Å². The largest absolute Gasteiger partial charge is 0.460 e. The van der Waals surface area contributed by atoms with Gasteiger partial charge in [0.1, 0.15) is 36.2 Å². The van der Waals surface area contributed by atoms with Gasteiger partial charge in [0.2, 0.25) is 5.79 Å². The van der Waals surface area contributed by atoms with E-state index in [-0.39, 0.29) is 42.8 Å². The van der Waals surface area contributed by atoms with Crippen molar-refractivity contribution in [3.63, 3.8) is 0 Å². The Morgan fingerprint density at radius 1 is 0.873 bits per heavy atom. The molecule has 2 amide bonds. The summed E-state index contributed by atoms with van der Waals surface area (Å²) in [6, 6.07) is -1.18. The molecule has 2 saturated heterocycles. The third kappa shape index (κ3) is 15.9. The van der Waals surface area contributed by atoms with Crippen LogP contribution < -0.4 is 0 Å². The smallest absolute Gasteiger partial charge is 0.434 e. The highest BCUT2D eigenvalue weighted by molar-refractivity contribution is 6.39. The van der Waals surface area contributed by atoms with Crippen LogP contribution in [0.2, 0.25) is 0 Å². The zero-order valence-corrected chi connectivity index (χ0v) is 44.3. The fraction of sp³-hybridized carbons (Fsp3) is 0.741. The average Bonchev–Trinajstić information content (AvgIpc) is 3.35. The summed E-state index contributed by atoms with van der Waals surface area (Å²) in [5.74, 6) is -8.34. The molecule has 2 N–H and O–H groups in total. The number of ether oxygens (including phenoxy) is 6. The van der Waals surface area contributed by atoms with Crippen LogP contribution >= 0.6 is 0 Å². The molecule has 71 heavy (non-hydrogen) atoms. The summed E-state index contributed by atoms with van der Waals surface area (Å²) in [4.78, 5) is 89.8. The number of carbonyl (C=O) groups excluding carboxylic acids is 6. The summed E-state index contributed by atoms with van der Waals surface area (Å²) < 4.78 is 35.4. The van der Waals surface area contributed by atoms with Gasteiger partial charge in [0.15, 0.2) is 5.78 Å². The summed E-state index contributed by atoms with van der Waals surface area (Å²) in [6.45, 7) is 12.6. The van der Waals surface area contributed by atoms with Crippen LogP contribution in [-0.2, 0) is 57.2 Å². The van der Waals surface area contributed by atoms with Gasteiger partial charge in [0, 0.05) is 65.5 Å². The van der Waals surface area contributed by atoms with E-state index < -0.39 is 102 Å². The Bertz CT molecular complexity index is 1950. The third-order valence-corrected chi connectivity index (χ3v) is 15.2. The predicted molar refractivity (Wildman–Crippen MR) is 264 cm³/mol. The maximum Gasteiger partial charge on any atom is 0.434 e. The maximum atomic E-state index is 14.5. The van der Waals surface area contributed by atoms with E-state index in [1.165, 1.54) is 26.2 Å². The van der Waals surface area contributed by atoms with E-state index in [0.29, 0.717) is 69.8 Å². The molecule has 0 radical (unpaired) electrons. The molecule has 1 aliphatic carbocycles. The van der Waals surface area contributed by atoms with Crippen molar-refractivity contribution in [2.75, 3.05) is 42.0 Å². The lowest BCUT2D eigenvalue weighted by Gasteiger charge is -2.42. The van der Waals surface area contributed by atoms with Gasteiger partial charge in [0.25, 0.3) is 11.7 Å². The molecule has 17 nitrogen and oxygen atoms in total. The number of fused-ring (bicyclic) bond motifs is 3. The second-order valence-electron chi connectivity index (χ2n) is 20.6. The number of piperidine rings is 1. The van der Waals surface area contributed by atoms with Gasteiger partial charge < -0.3 is 43.5 Å². The molecule has 0 aromatic carbocycles. The Hall–Kier alpha value is -4.10. The molecule has 0 aromatic heterocycles. The minimum Gasteiger partial charge on any atom is -0.460 e. The molecule has 15 atom stereocenters. The van der Waals surface area contributed by atoms with Gasteiger partial charge in [-0.3, -0.25) is 24.0 Å². The van der Waals surface area contributed by atoms with Crippen LogP contribution in [0.25, 0.3) is 0 Å². The quantitative estimate of drug-likeness (QED) is 0.111. The van der Waals surface area contributed by atoms with Gasteiger partial charge in [-0.25, -0.2) is 9.59 Å². The van der Waals surface area contributed by atoms with Crippen LogP contribution in [0.5, 0.6) is 0 Å². The first-order valence-electron chi connectivity index (χ1n) is 25.6. The molecule has 2 bridgehead atoms. The molecule has 17 heteroatoms. The number of rotatable bonds is 8. The van der Waals surface area contributed by atoms with Crippen LogP contribution in [0.1, 0.15) is 126 Å². The molecule has 4 rings (SSSR count). The summed E-state index contributed by atoms with van der Waals surface area (Å²) in [7, 11) is 7.30. The first-order chi connectivity index (χ1) is 33.6. The molecule has 3 heterocycles. The number of ketones is 3. The highest BCUT2D eigenvalue weighted by Gasteiger charge is 2.53. The standard InChI is InChI=1S/C54H84N2O15/c1-32-18-14-13-15-19-33(2)44(65-9)30-40-23-21-38(7)54(64,71-40)50(60)51(61)56-25-17-16-20-41(56)52(62)69-45(31-42(57)34(3)27-37(6)48(59)49(67-11)47(58)36(5)26-32)35(4)28-39-22-24-43(46(29-39)66-10)70-53(63)55(8)68-12/h13-15,18-19,27,32,34-36,38-41,43-46,48-49,59,64H,16-17,20-26,28-31H2,1-12H3/b15-13+,18-14+,33-19+,37-27+/t32-,34-,35-,36?,38-,39+,40+,41+,43-,44+,45?,46-,48-,49?,54-/m1/s1. The number of hydroxylamine groups is 2. The highest BCUT2D eigenvalue weighted by atomic mass is 16.7. The number of esters is 1. The second-order valence-corrected chi connectivity index (χ2v) is 20.6. The summed E-state index contributed by atoms with van der Waals surface area (Å²) >= 11 is 0. The van der Waals surface area contributed by atoms with Crippen molar-refractivity contribution >= 4 is 35.3 Å². The van der Waals surface area contributed by atoms with Gasteiger partial charge >= 0.3 is 12.1 Å². The van der Waals surface area contributed by atoms with Crippen LogP contribution in [-0.4, -0.2) is 152 Å². The molecule has 4 aliphatic rings. The molecular weight excluding hydrogens is 917 g/mol. The van der Waals surface area contributed by atoms with Gasteiger partial charge in [-0.1, -0.05) is 71.1 Å². The number of cyclic esters (lactones) is 1. The third-order valence-electron chi connectivity index (χ3n) is 15.2. The molecule has 3 aliphatic heterocycles. The average molecular weight is 1000 g/mol. The molecule has 0 spiro atoms. The van der Waals surface area contributed by atoms with Gasteiger partial charge in [0.05, 0.1) is 25.4 Å². The SMILES string of the molecule is COC1C(=O)C(C)C[C@H](C)/C=C/C=C/C=C(\C)[C@@H](OC)C[C@@H]2CC[C@@H](C)[C@@](O)(O2)C(=O)C(=O)N2CCCC[C@H]2C(=O)OC([C@H](C)C[C@@H]2CC[C@@H](OC(=O)N(C)OC)[C@H](OC)C2)CC(=O)[C@H](C)/C=C(\C)[C@H]1O. The Morgan fingerprint density at radius 3 is 2.25 bits per heavy atom. The Balaban J connectivity index is 1.69. The maximum absolute atomic E-state index is 14.5. The van der Waals surface area contributed by atoms with Crippen LogP contribution in [0.15, 0.2) is 47.6 Å². The number of aliphatic hydroxyl groups excluding tert-OH is 1. The van der Waals surface area contributed by atoms with E-state index in [0.717, 1.165) is 10.6 Å². The lowest BCUT2D eigenvalue weighted by Crippen LogP contribution is -2.61. The van der Waals surface area contributed by atoms with Crippen LogP contribution in [0.3, 0.4) is 0 Å². The van der Waals surface area contributed by atoms with Crippen molar-refractivity contribution in [3.05, 3.63) is 47.6 Å². The second kappa shape index (κ2) is 27.8. The fourth-order valence-corrected chi connectivity index (χ4v) is 10.5. The lowest BCUT2D eigenvalue weighted by molar-refractivity contribution is -0.265. The number of hydrogen-bond acceptors (Lipinski definition) is 15. The van der Waals surface area contributed by atoms with E-state index in [1.54, 1.807) is 48.0 Å². The first-order valence-corrected chi connectivity index (χ1v) is 25.6. The van der Waals surface area contributed by atoms with E-state index >= 15 is 0 Å². The number of Topliss-reactive ketones (excluding diaryl/α,β-unsaturated/α-hetero) is 3. The van der Waals surface area contributed by atoms with E-state index in [2.05, 4.69) is 0 Å². The zero-order valence-electron chi connectivity index (χ0n) is 44.3. The normalized spacial score (nSPS) is 37.9. The Kier molecular flexibility index (Phi) is 23.3. The predicted octanol–water partition coefficient (Wildman–Crippen LogP) is 6.82. The number of methoxy groups -OCH3 is 3. The number of amides is 2. The van der Waals surface area contributed by atoms with Gasteiger partial charge in [-0.05, 0) is 107 Å². The van der Waals surface area contributed by atoms with Gasteiger partial charge in [-0.2, -0.15) is 5.06 Å². The molecule has 1 saturated carbocycles. The molecule has 0 aromatic rings. The first kappa shape index (κ1) is 59.5. The van der Waals surface area contributed by atoms with Crippen LogP contribution in [0, 0.1) is 35.5 Å². The lowest BCUT2D eigenvalue weighted by atomic mass is 9.78. The van der Waals surface area contributed by atoms with Crippen molar-refractivity contribution in [3.8, 4) is 0 Å². The zero-order chi connectivity index (χ0) is 52.7. The van der Waals surface area contributed by atoms with Crippen molar-refractivity contribution in [1.29, 1.82) is 0 Å². The minimum absolute atomic E-state index is 0.00393. The number of allylic oxidation sites excluding steroid dienone is 6. The van der Waals surface area contributed by atoms with Crippen molar-refractivity contribution in [2.24, 2.45) is 35.5 Å². The fourth-order valence-electron chi connectivity index (χ4n) is 10.5. The van der Waals surface area contributed by atoms with E-state index in [4.69, 9.17) is 33.3 Å². The number of carbonyl (C=O) groups is 6. The summed E-state index contributed by atoms with van der Waals surface area (Å²) in [6.07, 6.45) is 9.88. The molecule has 3 fully saturated rings. The number of hydrogen-bond donors (Lipinski definition) is 2. The summed E-state index contributed by atoms with van der Waals surface area (Å²) in [5, 5.41) is 24.5. The Labute approximate surface area is 421 Å². The van der Waals surface area contributed by atoms with Crippen molar-refractivity contribution in [2.45, 2.75) is 180 Å². The minimum atomic E-state index is -2.45. The number of aliphatic hydroxyl groups is 2. The summed E-state index contributed by atoms with van der Waals surface area (Å²) in [5.41, 5.74) is 1.24.